The Morgan fingerprint density at radius 3 is 1.59 bits per heavy atom. The fraction of sp³-hybridized carbons (Fsp3) is 0. The molecular weight excluding hydrogens is 405 g/mol. The lowest BCUT2D eigenvalue weighted by Gasteiger charge is -2.19. The highest BCUT2D eigenvalue weighted by Crippen LogP contribution is 2.37. The van der Waals surface area contributed by atoms with E-state index in [0.717, 1.165) is 0 Å². The molecule has 1 nitrogen and oxygen atoms in total. The molecule has 0 fully saturated rings. The summed E-state index contributed by atoms with van der Waals surface area (Å²) in [5.41, 5.74) is 3.69. The van der Waals surface area contributed by atoms with Crippen LogP contribution in [0.2, 0.25) is 0 Å². The predicted molar refractivity (Wildman–Crippen MR) is 139 cm³/mol. The first-order chi connectivity index (χ1) is 15.9. The Morgan fingerprint density at radius 2 is 0.938 bits per heavy atom. The standard InChI is InChI=1S/C30H22NP/c1-4-12-23(13-5-1)31-29-19-11-10-18-27(29)28-22-26(20-21-30(28)31)32(24-14-6-2-7-15-24)25-16-8-3-9-17-25/h1-22H. The van der Waals surface area contributed by atoms with Crippen LogP contribution in [0.5, 0.6) is 0 Å². The zero-order valence-corrected chi connectivity index (χ0v) is 18.5. The van der Waals surface area contributed by atoms with Crippen LogP contribution in [0.25, 0.3) is 27.5 Å². The Hall–Kier alpha value is -3.67. The molecule has 5 aromatic carbocycles. The lowest BCUT2D eigenvalue weighted by molar-refractivity contribution is 1.18. The van der Waals surface area contributed by atoms with Crippen LogP contribution in [0.4, 0.5) is 0 Å². The molecule has 0 spiro atoms. The van der Waals surface area contributed by atoms with Crippen LogP contribution in [0.3, 0.4) is 0 Å². The van der Waals surface area contributed by atoms with E-state index in [1.165, 1.54) is 43.4 Å². The molecule has 1 heterocycles. The second-order valence-corrected chi connectivity index (χ2v) is 10.1. The predicted octanol–water partition coefficient (Wildman–Crippen LogP) is 6.54. The summed E-state index contributed by atoms with van der Waals surface area (Å²) in [4.78, 5) is 0. The molecule has 2 heteroatoms. The van der Waals surface area contributed by atoms with E-state index in [1.807, 2.05) is 0 Å². The van der Waals surface area contributed by atoms with Gasteiger partial charge in [0.15, 0.2) is 0 Å². The van der Waals surface area contributed by atoms with Gasteiger partial charge in [0, 0.05) is 16.5 Å². The van der Waals surface area contributed by atoms with E-state index in [0.29, 0.717) is 0 Å². The van der Waals surface area contributed by atoms with Crippen molar-refractivity contribution in [3.05, 3.63) is 133 Å². The number of hydrogen-bond acceptors (Lipinski definition) is 0. The molecule has 32 heavy (non-hydrogen) atoms. The van der Waals surface area contributed by atoms with Crippen LogP contribution >= 0.6 is 7.92 Å². The van der Waals surface area contributed by atoms with E-state index >= 15 is 0 Å². The van der Waals surface area contributed by atoms with Crippen molar-refractivity contribution in [3.63, 3.8) is 0 Å². The van der Waals surface area contributed by atoms with E-state index in [-0.39, 0.29) is 0 Å². The average molecular weight is 427 g/mol. The molecule has 0 atom stereocenters. The van der Waals surface area contributed by atoms with Crippen molar-refractivity contribution in [2.24, 2.45) is 0 Å². The summed E-state index contributed by atoms with van der Waals surface area (Å²) in [5, 5.41) is 6.73. The third-order valence-corrected chi connectivity index (χ3v) is 8.38. The fourth-order valence-corrected chi connectivity index (χ4v) is 6.87. The van der Waals surface area contributed by atoms with E-state index in [4.69, 9.17) is 0 Å². The molecule has 0 N–H and O–H groups in total. The monoisotopic (exact) mass is 427 g/mol. The van der Waals surface area contributed by atoms with Gasteiger partial charge < -0.3 is 4.57 Å². The largest absolute Gasteiger partial charge is 0.309 e. The third kappa shape index (κ3) is 3.23. The van der Waals surface area contributed by atoms with Gasteiger partial charge in [0.1, 0.15) is 0 Å². The number of aromatic nitrogens is 1. The zero-order valence-electron chi connectivity index (χ0n) is 17.6. The summed E-state index contributed by atoms with van der Waals surface area (Å²) in [6, 6.07) is 48.2. The molecule has 0 unspecified atom stereocenters. The summed E-state index contributed by atoms with van der Waals surface area (Å²) in [7, 11) is -0.629. The van der Waals surface area contributed by atoms with Gasteiger partial charge in [-0.1, -0.05) is 103 Å². The minimum absolute atomic E-state index is 0.629. The van der Waals surface area contributed by atoms with Gasteiger partial charge in [-0.25, -0.2) is 0 Å². The molecule has 1 aromatic heterocycles. The molecule has 0 aliphatic rings. The second kappa shape index (κ2) is 8.11. The molecule has 0 saturated heterocycles. The molecule has 0 radical (unpaired) electrons. The number of para-hydroxylation sites is 2. The van der Waals surface area contributed by atoms with Crippen LogP contribution < -0.4 is 15.9 Å². The molecule has 0 amide bonds. The van der Waals surface area contributed by atoms with Crippen molar-refractivity contribution in [1.29, 1.82) is 0 Å². The van der Waals surface area contributed by atoms with Crippen molar-refractivity contribution < 1.29 is 0 Å². The highest BCUT2D eigenvalue weighted by molar-refractivity contribution is 7.79. The third-order valence-electron chi connectivity index (χ3n) is 5.96. The molecule has 0 aliphatic heterocycles. The van der Waals surface area contributed by atoms with Crippen molar-refractivity contribution in [3.8, 4) is 5.69 Å². The molecule has 6 rings (SSSR count). The normalized spacial score (nSPS) is 11.4. The van der Waals surface area contributed by atoms with Crippen molar-refractivity contribution >= 4 is 45.6 Å². The average Bonchev–Trinajstić information content (AvgIpc) is 3.20. The first-order valence-electron chi connectivity index (χ1n) is 10.9. The number of hydrogen-bond donors (Lipinski definition) is 0. The number of fused-ring (bicyclic) bond motifs is 3. The molecule has 0 aliphatic carbocycles. The minimum atomic E-state index is -0.629. The van der Waals surface area contributed by atoms with Gasteiger partial charge in [-0.3, -0.25) is 0 Å². The Bertz CT molecular complexity index is 1460. The van der Waals surface area contributed by atoms with Gasteiger partial charge in [-0.05, 0) is 54.2 Å². The second-order valence-electron chi connectivity index (χ2n) is 7.90. The van der Waals surface area contributed by atoms with Gasteiger partial charge >= 0.3 is 0 Å². The molecular formula is C30H22NP. The van der Waals surface area contributed by atoms with Crippen molar-refractivity contribution in [1.82, 2.24) is 4.57 Å². The first-order valence-corrected chi connectivity index (χ1v) is 12.2. The van der Waals surface area contributed by atoms with E-state index in [1.54, 1.807) is 0 Å². The Kier molecular flexibility index (Phi) is 4.83. The van der Waals surface area contributed by atoms with Gasteiger partial charge in [0.05, 0.1) is 11.0 Å². The van der Waals surface area contributed by atoms with E-state index in [9.17, 15) is 0 Å². The number of rotatable bonds is 4. The highest BCUT2D eigenvalue weighted by Gasteiger charge is 2.19. The van der Waals surface area contributed by atoms with Crippen LogP contribution in [-0.2, 0) is 0 Å². The number of nitrogens with zero attached hydrogens (tertiary/aromatic N) is 1. The van der Waals surface area contributed by atoms with Gasteiger partial charge in [0.2, 0.25) is 0 Å². The minimum Gasteiger partial charge on any atom is -0.309 e. The molecule has 152 valence electrons. The summed E-state index contributed by atoms with van der Waals surface area (Å²) < 4.78 is 2.38. The van der Waals surface area contributed by atoms with Crippen molar-refractivity contribution in [2.75, 3.05) is 0 Å². The summed E-state index contributed by atoms with van der Waals surface area (Å²) in [6.45, 7) is 0. The van der Waals surface area contributed by atoms with Crippen LogP contribution in [-0.4, -0.2) is 4.57 Å². The summed E-state index contributed by atoms with van der Waals surface area (Å²) in [5.74, 6) is 0. The van der Waals surface area contributed by atoms with Crippen molar-refractivity contribution in [2.45, 2.75) is 0 Å². The van der Waals surface area contributed by atoms with E-state index < -0.39 is 7.92 Å². The lowest BCUT2D eigenvalue weighted by atomic mass is 10.1. The lowest BCUT2D eigenvalue weighted by Crippen LogP contribution is -2.20. The molecule has 6 aromatic rings. The smallest absolute Gasteiger partial charge is 0.0541 e. The SMILES string of the molecule is c1ccc(-n2c3ccccc3c3cc(P(c4ccccc4)c4ccccc4)ccc32)cc1. The van der Waals surface area contributed by atoms with Crippen LogP contribution in [0, 0.1) is 0 Å². The van der Waals surface area contributed by atoms with Gasteiger partial charge in [-0.2, -0.15) is 0 Å². The molecule has 0 bridgehead atoms. The van der Waals surface area contributed by atoms with Crippen LogP contribution in [0.1, 0.15) is 0 Å². The maximum absolute atomic E-state index is 2.42. The Balaban J connectivity index is 1.62. The maximum Gasteiger partial charge on any atom is 0.0541 e. The Morgan fingerprint density at radius 1 is 0.406 bits per heavy atom. The van der Waals surface area contributed by atoms with E-state index in [2.05, 4.69) is 138 Å². The Labute approximate surface area is 189 Å². The molecule has 0 saturated carbocycles. The quantitative estimate of drug-likeness (QED) is 0.282. The highest BCUT2D eigenvalue weighted by atomic mass is 31.1. The number of benzene rings is 5. The van der Waals surface area contributed by atoms with Crippen LogP contribution in [0.15, 0.2) is 133 Å². The van der Waals surface area contributed by atoms with Gasteiger partial charge in [-0.15, -0.1) is 0 Å². The zero-order chi connectivity index (χ0) is 21.3. The van der Waals surface area contributed by atoms with Gasteiger partial charge in [0.25, 0.3) is 0 Å². The summed E-state index contributed by atoms with van der Waals surface area (Å²) in [6.07, 6.45) is 0. The first kappa shape index (κ1) is 19.0. The summed E-state index contributed by atoms with van der Waals surface area (Å²) >= 11 is 0. The fourth-order valence-electron chi connectivity index (χ4n) is 4.56. The maximum atomic E-state index is 2.42. The topological polar surface area (TPSA) is 4.93 Å².